The Bertz CT molecular complexity index is 1010. The standard InChI is InChI=1S/C18H20FN7OS/c1-10-24-25-17(28-10)12-5-11-6-16(22-8-15(11)21-7-12)23-18(27)26-4-3-14(20-2)13(19)9-26/h5-8,13-14,20H,3-4,9H2,1-2H3,(H,22,23,27)/t13-,14-/m1/s1. The van der Waals surface area contributed by atoms with E-state index in [9.17, 15) is 9.18 Å². The van der Waals surface area contributed by atoms with Crippen molar-refractivity contribution in [1.82, 2.24) is 30.4 Å². The van der Waals surface area contributed by atoms with E-state index in [4.69, 9.17) is 0 Å². The number of aryl methyl sites for hydroxylation is 1. The van der Waals surface area contributed by atoms with Crippen LogP contribution in [-0.2, 0) is 0 Å². The van der Waals surface area contributed by atoms with Gasteiger partial charge in [-0.3, -0.25) is 10.3 Å². The number of hydrogen-bond acceptors (Lipinski definition) is 7. The molecule has 0 saturated carbocycles. The first kappa shape index (κ1) is 18.6. The summed E-state index contributed by atoms with van der Waals surface area (Å²) in [6.45, 7) is 2.45. The summed E-state index contributed by atoms with van der Waals surface area (Å²) in [5.41, 5.74) is 1.57. The average molecular weight is 401 g/mol. The maximum Gasteiger partial charge on any atom is 0.323 e. The van der Waals surface area contributed by atoms with Gasteiger partial charge < -0.3 is 10.2 Å². The molecule has 1 aliphatic rings. The van der Waals surface area contributed by atoms with Gasteiger partial charge in [-0.2, -0.15) is 0 Å². The second kappa shape index (κ2) is 7.72. The normalized spacial score (nSPS) is 19.8. The largest absolute Gasteiger partial charge is 0.323 e. The predicted octanol–water partition coefficient (Wildman–Crippen LogP) is 2.62. The SMILES string of the molecule is CN[C@@H]1CCN(C(=O)Nc2cc3cc(-c4nnc(C)s4)cnc3cn2)C[C@H]1F. The molecule has 2 atom stereocenters. The van der Waals surface area contributed by atoms with E-state index in [-0.39, 0.29) is 18.6 Å². The Morgan fingerprint density at radius 2 is 2.14 bits per heavy atom. The van der Waals surface area contributed by atoms with Crippen molar-refractivity contribution in [2.45, 2.75) is 25.6 Å². The van der Waals surface area contributed by atoms with Crippen molar-refractivity contribution in [2.75, 3.05) is 25.5 Å². The fraction of sp³-hybridized carbons (Fsp3) is 0.389. The van der Waals surface area contributed by atoms with Crippen LogP contribution in [0.15, 0.2) is 24.5 Å². The number of pyridine rings is 2. The van der Waals surface area contributed by atoms with Crippen molar-refractivity contribution >= 4 is 34.1 Å². The molecule has 2 N–H and O–H groups in total. The maximum atomic E-state index is 14.1. The highest BCUT2D eigenvalue weighted by atomic mass is 32.1. The van der Waals surface area contributed by atoms with Gasteiger partial charge in [0.2, 0.25) is 0 Å². The summed E-state index contributed by atoms with van der Waals surface area (Å²) in [7, 11) is 1.73. The molecule has 0 aromatic carbocycles. The number of aromatic nitrogens is 4. The van der Waals surface area contributed by atoms with E-state index in [1.807, 2.05) is 13.0 Å². The van der Waals surface area contributed by atoms with Gasteiger partial charge >= 0.3 is 6.03 Å². The molecule has 0 spiro atoms. The Kier molecular flexibility index (Phi) is 5.14. The zero-order chi connectivity index (χ0) is 19.7. The molecular formula is C18H20FN7OS. The Hall–Kier alpha value is -2.72. The molecule has 0 unspecified atom stereocenters. The van der Waals surface area contributed by atoms with E-state index in [0.29, 0.717) is 24.3 Å². The quantitative estimate of drug-likeness (QED) is 0.700. The van der Waals surface area contributed by atoms with Crippen molar-refractivity contribution in [1.29, 1.82) is 0 Å². The molecule has 4 heterocycles. The molecule has 1 fully saturated rings. The van der Waals surface area contributed by atoms with Crippen molar-refractivity contribution in [2.24, 2.45) is 0 Å². The smallest absolute Gasteiger partial charge is 0.321 e. The fourth-order valence-corrected chi connectivity index (χ4v) is 3.91. The summed E-state index contributed by atoms with van der Waals surface area (Å²) in [6, 6.07) is 3.13. The number of nitrogens with zero attached hydrogens (tertiary/aromatic N) is 5. The number of hydrogen-bond donors (Lipinski definition) is 2. The van der Waals surface area contributed by atoms with Crippen LogP contribution in [0.4, 0.5) is 15.0 Å². The lowest BCUT2D eigenvalue weighted by molar-refractivity contribution is 0.126. The van der Waals surface area contributed by atoms with E-state index in [1.54, 1.807) is 25.5 Å². The molecule has 0 aliphatic carbocycles. The number of piperidine rings is 1. The number of carbonyl (C=O) groups excluding carboxylic acids is 1. The summed E-state index contributed by atoms with van der Waals surface area (Å²) in [5.74, 6) is 0.399. The van der Waals surface area contributed by atoms with Crippen LogP contribution in [0.5, 0.6) is 0 Å². The molecule has 8 nitrogen and oxygen atoms in total. The van der Waals surface area contributed by atoms with Gasteiger partial charge in [0.05, 0.1) is 18.3 Å². The first-order chi connectivity index (χ1) is 13.5. The van der Waals surface area contributed by atoms with Crippen LogP contribution in [0.1, 0.15) is 11.4 Å². The first-order valence-electron chi connectivity index (χ1n) is 8.97. The van der Waals surface area contributed by atoms with E-state index in [1.165, 1.54) is 16.2 Å². The molecule has 0 bridgehead atoms. The second-order valence-electron chi connectivity index (χ2n) is 6.69. The number of urea groups is 1. The highest BCUT2D eigenvalue weighted by molar-refractivity contribution is 7.14. The Morgan fingerprint density at radius 1 is 1.29 bits per heavy atom. The van der Waals surface area contributed by atoms with Crippen molar-refractivity contribution in [3.8, 4) is 10.6 Å². The van der Waals surface area contributed by atoms with Gasteiger partial charge in [0.15, 0.2) is 0 Å². The van der Waals surface area contributed by atoms with Gasteiger partial charge in [-0.25, -0.2) is 14.2 Å². The van der Waals surface area contributed by atoms with Crippen LogP contribution in [0.3, 0.4) is 0 Å². The lowest BCUT2D eigenvalue weighted by Crippen LogP contribution is -2.52. The Balaban J connectivity index is 1.51. The monoisotopic (exact) mass is 401 g/mol. The molecule has 0 radical (unpaired) electrons. The van der Waals surface area contributed by atoms with Crippen LogP contribution in [0.2, 0.25) is 0 Å². The van der Waals surface area contributed by atoms with Crippen LogP contribution in [-0.4, -0.2) is 63.4 Å². The average Bonchev–Trinajstić information content (AvgIpc) is 3.13. The van der Waals surface area contributed by atoms with Crippen LogP contribution in [0, 0.1) is 6.92 Å². The first-order valence-corrected chi connectivity index (χ1v) is 9.78. The number of halogens is 1. The summed E-state index contributed by atoms with van der Waals surface area (Å²) < 4.78 is 14.1. The number of amides is 2. The number of carbonyl (C=O) groups is 1. The predicted molar refractivity (Wildman–Crippen MR) is 106 cm³/mol. The highest BCUT2D eigenvalue weighted by Crippen LogP contribution is 2.26. The highest BCUT2D eigenvalue weighted by Gasteiger charge is 2.30. The summed E-state index contributed by atoms with van der Waals surface area (Å²) in [6.07, 6.45) is 2.82. The second-order valence-corrected chi connectivity index (χ2v) is 7.87. The maximum absolute atomic E-state index is 14.1. The Labute approximate surface area is 165 Å². The third-order valence-electron chi connectivity index (χ3n) is 4.78. The molecule has 2 amide bonds. The van der Waals surface area contributed by atoms with E-state index < -0.39 is 6.17 Å². The van der Waals surface area contributed by atoms with Gasteiger partial charge in [-0.15, -0.1) is 10.2 Å². The van der Waals surface area contributed by atoms with Crippen LogP contribution < -0.4 is 10.6 Å². The lowest BCUT2D eigenvalue weighted by Gasteiger charge is -2.34. The van der Waals surface area contributed by atoms with Crippen LogP contribution in [0.25, 0.3) is 21.5 Å². The fourth-order valence-electron chi connectivity index (χ4n) is 3.23. The minimum Gasteiger partial charge on any atom is -0.321 e. The topological polar surface area (TPSA) is 95.9 Å². The van der Waals surface area contributed by atoms with Gasteiger partial charge in [0.1, 0.15) is 22.0 Å². The summed E-state index contributed by atoms with van der Waals surface area (Å²) in [5, 5.41) is 16.4. The molecule has 4 rings (SSSR count). The van der Waals surface area contributed by atoms with Gasteiger partial charge in [-0.05, 0) is 32.5 Å². The summed E-state index contributed by atoms with van der Waals surface area (Å²) in [4.78, 5) is 22.6. The molecule has 3 aromatic rings. The summed E-state index contributed by atoms with van der Waals surface area (Å²) >= 11 is 1.49. The number of alkyl halides is 1. The minimum atomic E-state index is -1.09. The third kappa shape index (κ3) is 3.78. The van der Waals surface area contributed by atoms with Crippen LogP contribution >= 0.6 is 11.3 Å². The van der Waals surface area contributed by atoms with Gasteiger partial charge in [-0.1, -0.05) is 11.3 Å². The van der Waals surface area contributed by atoms with E-state index in [2.05, 4.69) is 30.8 Å². The molecular weight excluding hydrogens is 381 g/mol. The molecule has 1 aliphatic heterocycles. The van der Waals surface area contributed by atoms with Gasteiger partial charge in [0.25, 0.3) is 0 Å². The lowest BCUT2D eigenvalue weighted by atomic mass is 10.0. The van der Waals surface area contributed by atoms with Crippen molar-refractivity contribution in [3.63, 3.8) is 0 Å². The number of anilines is 1. The van der Waals surface area contributed by atoms with Gasteiger partial charge in [0, 0.05) is 29.7 Å². The number of rotatable bonds is 3. The van der Waals surface area contributed by atoms with E-state index >= 15 is 0 Å². The number of nitrogens with one attached hydrogen (secondary N) is 2. The number of likely N-dealkylation sites (tertiary alicyclic amines) is 1. The van der Waals surface area contributed by atoms with E-state index in [0.717, 1.165) is 21.0 Å². The molecule has 28 heavy (non-hydrogen) atoms. The molecule has 10 heteroatoms. The molecule has 3 aromatic heterocycles. The van der Waals surface area contributed by atoms with Crippen molar-refractivity contribution < 1.29 is 9.18 Å². The minimum absolute atomic E-state index is 0.0625. The molecule has 146 valence electrons. The zero-order valence-electron chi connectivity index (χ0n) is 15.5. The Morgan fingerprint density at radius 3 is 2.86 bits per heavy atom. The zero-order valence-corrected chi connectivity index (χ0v) is 16.3. The molecule has 1 saturated heterocycles. The third-order valence-corrected chi connectivity index (χ3v) is 5.66. The van der Waals surface area contributed by atoms with Crippen molar-refractivity contribution in [3.05, 3.63) is 29.5 Å². The number of fused-ring (bicyclic) bond motifs is 1.